The minimum absolute atomic E-state index is 0.00537. The summed E-state index contributed by atoms with van der Waals surface area (Å²) < 4.78 is 0. The van der Waals surface area contributed by atoms with Crippen LogP contribution in [-0.4, -0.2) is 11.1 Å². The van der Waals surface area contributed by atoms with Crippen LogP contribution in [0.25, 0.3) is 0 Å². The summed E-state index contributed by atoms with van der Waals surface area (Å²) in [6, 6.07) is 5.82. The summed E-state index contributed by atoms with van der Waals surface area (Å²) in [5.74, 6) is 0. The average molecular weight is 150 g/mol. The monoisotopic (exact) mass is 150 g/mol. The molecule has 0 radical (unpaired) electrons. The SMILES string of the molecule is N=[N+]([O-])c1ccc(C=O)cc1. The van der Waals surface area contributed by atoms with Crippen molar-refractivity contribution in [1.29, 1.82) is 5.53 Å². The lowest BCUT2D eigenvalue weighted by Gasteiger charge is -1.94. The number of rotatable bonds is 2. The first kappa shape index (κ1) is 7.40. The number of nitrogens with one attached hydrogen (secondary N) is 1. The molecule has 0 saturated carbocycles. The van der Waals surface area contributed by atoms with Crippen LogP contribution in [0.1, 0.15) is 10.4 Å². The van der Waals surface area contributed by atoms with E-state index < -0.39 is 0 Å². The average Bonchev–Trinajstić information content (AvgIpc) is 2.05. The van der Waals surface area contributed by atoms with Crippen LogP contribution in [0.2, 0.25) is 0 Å². The second-order valence-electron chi connectivity index (χ2n) is 2.00. The molecule has 1 N–H and O–H groups in total. The quantitative estimate of drug-likeness (QED) is 0.301. The predicted octanol–water partition coefficient (Wildman–Crippen LogP) is 1.67. The summed E-state index contributed by atoms with van der Waals surface area (Å²) in [6.07, 6.45) is 0.683. The lowest BCUT2D eigenvalue weighted by molar-refractivity contribution is -0.465. The van der Waals surface area contributed by atoms with Crippen molar-refractivity contribution in [1.82, 2.24) is 0 Å². The lowest BCUT2D eigenvalue weighted by atomic mass is 10.2. The van der Waals surface area contributed by atoms with Crippen molar-refractivity contribution < 1.29 is 9.66 Å². The van der Waals surface area contributed by atoms with Crippen LogP contribution in [0.3, 0.4) is 0 Å². The molecule has 0 heterocycles. The van der Waals surface area contributed by atoms with Gasteiger partial charge in [-0.3, -0.25) is 4.79 Å². The standard InChI is InChI=1S/C7H6N2O2/c8-9(11)7-3-1-6(5-10)2-4-7/h1-5,8H. The normalized spacial score (nSPS) is 9.09. The Labute approximate surface area is 63.2 Å². The van der Waals surface area contributed by atoms with Gasteiger partial charge in [0.15, 0.2) is 0 Å². The highest BCUT2D eigenvalue weighted by molar-refractivity contribution is 5.75. The van der Waals surface area contributed by atoms with Crippen LogP contribution < -0.4 is 0 Å². The molecule has 1 rings (SSSR count). The number of carbonyl (C=O) groups excluding carboxylic acids is 1. The second kappa shape index (κ2) is 2.92. The molecule has 0 aliphatic heterocycles. The van der Waals surface area contributed by atoms with Crippen LogP contribution in [0.4, 0.5) is 5.69 Å². The van der Waals surface area contributed by atoms with Gasteiger partial charge in [-0.1, -0.05) is 4.86 Å². The fourth-order valence-corrected chi connectivity index (χ4v) is 0.688. The van der Waals surface area contributed by atoms with Crippen molar-refractivity contribution in [3.8, 4) is 0 Å². The molecule has 56 valence electrons. The van der Waals surface area contributed by atoms with Crippen molar-refractivity contribution in [2.75, 3.05) is 0 Å². The molecule has 1 aromatic carbocycles. The summed E-state index contributed by atoms with van der Waals surface area (Å²) >= 11 is 0. The molecule has 0 amide bonds. The predicted molar refractivity (Wildman–Crippen MR) is 37.8 cm³/mol. The van der Waals surface area contributed by atoms with E-state index in [1.165, 1.54) is 24.3 Å². The summed E-state index contributed by atoms with van der Waals surface area (Å²) in [6.45, 7) is 0. The largest absolute Gasteiger partial charge is 0.594 e. The number of benzene rings is 1. The summed E-state index contributed by atoms with van der Waals surface area (Å²) in [5.41, 5.74) is 7.35. The Balaban J connectivity index is 3.00. The highest BCUT2D eigenvalue weighted by Gasteiger charge is 1.98. The second-order valence-corrected chi connectivity index (χ2v) is 2.00. The first-order valence-electron chi connectivity index (χ1n) is 2.98. The zero-order chi connectivity index (χ0) is 8.27. The van der Waals surface area contributed by atoms with Crippen LogP contribution in [-0.2, 0) is 0 Å². The maximum absolute atomic E-state index is 10.3. The Morgan fingerprint density at radius 3 is 2.27 bits per heavy atom. The number of aldehydes is 1. The van der Waals surface area contributed by atoms with Crippen molar-refractivity contribution in [2.24, 2.45) is 0 Å². The molecule has 11 heavy (non-hydrogen) atoms. The molecular weight excluding hydrogens is 144 g/mol. The fraction of sp³-hybridized carbons (Fsp3) is 0. The van der Waals surface area contributed by atoms with E-state index in [1.54, 1.807) is 0 Å². The molecule has 0 unspecified atom stereocenters. The molecule has 4 heteroatoms. The Kier molecular flexibility index (Phi) is 1.96. The van der Waals surface area contributed by atoms with Gasteiger partial charge in [-0.25, -0.2) is 0 Å². The summed E-state index contributed by atoms with van der Waals surface area (Å²) in [7, 11) is 0. The zero-order valence-electron chi connectivity index (χ0n) is 5.65. The third-order valence-corrected chi connectivity index (χ3v) is 1.26. The molecule has 0 aromatic heterocycles. The van der Waals surface area contributed by atoms with Gasteiger partial charge in [0.25, 0.3) is 0 Å². The van der Waals surface area contributed by atoms with E-state index in [4.69, 9.17) is 5.53 Å². The Morgan fingerprint density at radius 2 is 1.91 bits per heavy atom. The fourth-order valence-electron chi connectivity index (χ4n) is 0.688. The number of hydrogen-bond donors (Lipinski definition) is 1. The van der Waals surface area contributed by atoms with Crippen molar-refractivity contribution in [3.05, 3.63) is 35.0 Å². The van der Waals surface area contributed by atoms with E-state index in [0.29, 0.717) is 11.8 Å². The van der Waals surface area contributed by atoms with Crippen molar-refractivity contribution in [2.45, 2.75) is 0 Å². The van der Waals surface area contributed by atoms with Crippen LogP contribution in [0.5, 0.6) is 0 Å². The van der Waals surface area contributed by atoms with Crippen LogP contribution in [0.15, 0.2) is 24.3 Å². The van der Waals surface area contributed by atoms with Gasteiger partial charge < -0.3 is 5.21 Å². The minimum Gasteiger partial charge on any atom is -0.594 e. The molecule has 0 atom stereocenters. The van der Waals surface area contributed by atoms with Crippen molar-refractivity contribution in [3.63, 3.8) is 0 Å². The van der Waals surface area contributed by atoms with Gasteiger partial charge >= 0.3 is 0 Å². The highest BCUT2D eigenvalue weighted by Crippen LogP contribution is 2.10. The topological polar surface area (TPSA) is 67.0 Å². The molecule has 0 saturated heterocycles. The third-order valence-electron chi connectivity index (χ3n) is 1.26. The van der Waals surface area contributed by atoms with E-state index in [-0.39, 0.29) is 10.5 Å². The molecule has 0 fully saturated rings. The molecule has 0 aliphatic rings. The third kappa shape index (κ3) is 1.61. The van der Waals surface area contributed by atoms with Gasteiger partial charge in [-0.2, -0.15) is 0 Å². The molecular formula is C7H6N2O2. The van der Waals surface area contributed by atoms with Gasteiger partial charge in [0.2, 0.25) is 5.69 Å². The van der Waals surface area contributed by atoms with E-state index in [2.05, 4.69) is 0 Å². The number of nitrogens with zero attached hydrogens (tertiary/aromatic N) is 1. The van der Waals surface area contributed by atoms with E-state index >= 15 is 0 Å². The van der Waals surface area contributed by atoms with E-state index in [1.807, 2.05) is 0 Å². The smallest absolute Gasteiger partial charge is 0.244 e. The maximum atomic E-state index is 10.3. The van der Waals surface area contributed by atoms with Gasteiger partial charge in [-0.15, -0.1) is 0 Å². The zero-order valence-corrected chi connectivity index (χ0v) is 5.65. The Morgan fingerprint density at radius 1 is 1.36 bits per heavy atom. The van der Waals surface area contributed by atoms with Gasteiger partial charge in [0.05, 0.1) is 0 Å². The minimum atomic E-state index is -0.00537. The summed E-state index contributed by atoms with van der Waals surface area (Å²) in [4.78, 5) is 10.1. The van der Waals surface area contributed by atoms with Gasteiger partial charge in [0.1, 0.15) is 6.29 Å². The highest BCUT2D eigenvalue weighted by atomic mass is 16.5. The van der Waals surface area contributed by atoms with Gasteiger partial charge in [0, 0.05) is 17.7 Å². The van der Waals surface area contributed by atoms with Crippen molar-refractivity contribution >= 4 is 12.0 Å². The number of hydrogen-bond acceptors (Lipinski definition) is 3. The maximum Gasteiger partial charge on any atom is 0.244 e. The first-order chi connectivity index (χ1) is 5.24. The first-order valence-corrected chi connectivity index (χ1v) is 2.98. The molecule has 4 nitrogen and oxygen atoms in total. The Bertz CT molecular complexity index is 279. The van der Waals surface area contributed by atoms with Gasteiger partial charge in [-0.05, 0) is 17.7 Å². The molecule has 1 aromatic rings. The number of carbonyl (C=O) groups is 1. The molecule has 0 bridgehead atoms. The molecule has 0 aliphatic carbocycles. The van der Waals surface area contributed by atoms with Crippen LogP contribution in [0, 0.1) is 10.7 Å². The van der Waals surface area contributed by atoms with E-state index in [9.17, 15) is 10.0 Å². The van der Waals surface area contributed by atoms with E-state index in [0.717, 1.165) is 0 Å². The lowest BCUT2D eigenvalue weighted by Crippen LogP contribution is -1.87. The van der Waals surface area contributed by atoms with Crippen LogP contribution >= 0.6 is 0 Å². The Hall–Kier alpha value is -1.71. The summed E-state index contributed by atoms with van der Waals surface area (Å²) in [5, 5.41) is 10.3. The molecule has 0 spiro atoms.